The van der Waals surface area contributed by atoms with Crippen LogP contribution in [0.15, 0.2) is 60.7 Å². The van der Waals surface area contributed by atoms with E-state index >= 15 is 0 Å². The molecule has 0 spiro atoms. The second-order valence-corrected chi connectivity index (χ2v) is 12.1. The molecule has 0 saturated carbocycles. The summed E-state index contributed by atoms with van der Waals surface area (Å²) in [6.07, 6.45) is 1.12. The Labute approximate surface area is 265 Å². The first kappa shape index (κ1) is 33.4. The molecule has 0 bridgehead atoms. The fourth-order valence-corrected chi connectivity index (χ4v) is 5.27. The monoisotopic (exact) mass is 613 g/mol. The van der Waals surface area contributed by atoms with E-state index in [1.54, 1.807) is 40.0 Å². The van der Waals surface area contributed by atoms with E-state index < -0.39 is 11.7 Å². The van der Waals surface area contributed by atoms with Crippen molar-refractivity contribution in [2.24, 2.45) is 0 Å². The number of likely N-dealkylation sites (tertiary alicyclic amines) is 1. The predicted molar refractivity (Wildman–Crippen MR) is 175 cm³/mol. The number of piperidine rings is 1. The van der Waals surface area contributed by atoms with E-state index in [-0.39, 0.29) is 24.1 Å². The highest BCUT2D eigenvalue weighted by Crippen LogP contribution is 2.39. The van der Waals surface area contributed by atoms with Crippen molar-refractivity contribution in [3.8, 4) is 23.1 Å². The van der Waals surface area contributed by atoms with Crippen molar-refractivity contribution in [3.63, 3.8) is 0 Å². The van der Waals surface area contributed by atoms with Gasteiger partial charge in [-0.3, -0.25) is 9.69 Å². The minimum atomic E-state index is -0.767. The van der Waals surface area contributed by atoms with Gasteiger partial charge < -0.3 is 24.4 Å². The van der Waals surface area contributed by atoms with Gasteiger partial charge in [0.25, 0.3) is 5.91 Å². The topological polar surface area (TPSA) is 117 Å². The molecular formula is C35H43N5O5. The molecule has 4 rings (SSSR count). The van der Waals surface area contributed by atoms with Crippen LogP contribution in [0.2, 0.25) is 0 Å². The van der Waals surface area contributed by atoms with Crippen molar-refractivity contribution in [1.82, 2.24) is 15.2 Å². The van der Waals surface area contributed by atoms with Crippen LogP contribution < -0.4 is 15.0 Å². The van der Waals surface area contributed by atoms with Crippen molar-refractivity contribution in [1.29, 1.82) is 5.26 Å². The Morgan fingerprint density at radius 1 is 1.16 bits per heavy atom. The van der Waals surface area contributed by atoms with Gasteiger partial charge in [0.2, 0.25) is 0 Å². The van der Waals surface area contributed by atoms with E-state index in [1.807, 2.05) is 49.4 Å². The smallest absolute Gasteiger partial charge is 0.415 e. The first-order valence-corrected chi connectivity index (χ1v) is 15.3. The highest BCUT2D eigenvalue weighted by atomic mass is 16.6. The fraction of sp³-hybridized carbons (Fsp3) is 0.429. The third kappa shape index (κ3) is 8.81. The maximum atomic E-state index is 13.5. The Morgan fingerprint density at radius 3 is 2.56 bits per heavy atom. The number of hydrogen-bond donors (Lipinski definition) is 1. The van der Waals surface area contributed by atoms with Crippen LogP contribution in [0, 0.1) is 11.3 Å². The van der Waals surface area contributed by atoms with E-state index in [1.165, 1.54) is 4.90 Å². The van der Waals surface area contributed by atoms with Crippen molar-refractivity contribution >= 4 is 28.5 Å². The van der Waals surface area contributed by atoms with Crippen LogP contribution in [0.3, 0.4) is 0 Å². The van der Waals surface area contributed by atoms with E-state index in [9.17, 15) is 14.9 Å². The predicted octanol–water partition coefficient (Wildman–Crippen LogP) is 5.96. The number of pyridine rings is 1. The average molecular weight is 614 g/mol. The minimum Gasteiger partial charge on any atom is -0.492 e. The molecule has 238 valence electrons. The highest BCUT2D eigenvalue weighted by Gasteiger charge is 2.28. The van der Waals surface area contributed by atoms with Crippen LogP contribution in [-0.4, -0.2) is 80.0 Å². The summed E-state index contributed by atoms with van der Waals surface area (Å²) in [5.74, 6) is 0.256. The summed E-state index contributed by atoms with van der Waals surface area (Å²) in [5, 5.41) is 14.2. The average Bonchev–Trinajstić information content (AvgIpc) is 3.02. The number of amides is 2. The van der Waals surface area contributed by atoms with E-state index in [0.29, 0.717) is 41.4 Å². The van der Waals surface area contributed by atoms with E-state index in [2.05, 4.69) is 16.8 Å². The molecule has 1 aliphatic heterocycles. The van der Waals surface area contributed by atoms with Crippen LogP contribution in [-0.2, 0) is 9.47 Å². The third-order valence-electron chi connectivity index (χ3n) is 7.46. The molecule has 1 aliphatic rings. The van der Waals surface area contributed by atoms with Crippen LogP contribution in [0.4, 0.5) is 10.5 Å². The van der Waals surface area contributed by atoms with E-state index in [0.717, 1.165) is 43.4 Å². The normalized spacial score (nSPS) is 14.0. The number of carbonyl (C=O) groups is 2. The molecule has 1 saturated heterocycles. The molecule has 10 heteroatoms. The Morgan fingerprint density at radius 2 is 1.89 bits per heavy atom. The lowest BCUT2D eigenvalue weighted by Crippen LogP contribution is -2.45. The van der Waals surface area contributed by atoms with Crippen molar-refractivity contribution < 1.29 is 23.8 Å². The van der Waals surface area contributed by atoms with Gasteiger partial charge in [0.1, 0.15) is 17.0 Å². The summed E-state index contributed by atoms with van der Waals surface area (Å²) in [7, 11) is 1.70. The number of hydrogen-bond acceptors (Lipinski definition) is 8. The van der Waals surface area contributed by atoms with Gasteiger partial charge >= 0.3 is 6.09 Å². The van der Waals surface area contributed by atoms with Gasteiger partial charge in [0.15, 0.2) is 0 Å². The molecule has 3 aromatic rings. The molecule has 1 aromatic heterocycles. The summed E-state index contributed by atoms with van der Waals surface area (Å²) in [5.41, 5.74) is 1.58. The zero-order chi connectivity index (χ0) is 32.6. The standard InChI is InChI=1S/C35H43N5O5/c1-7-44-31-14-13-25-11-12-26(21-28(25)32(31)40(23-24(2)22-36)34(42)45-35(3,4)5)29-9-8-10-30(38-29)33(41)37-27-15-17-39(18-16-27)19-20-43-6/h8-14,21,27H,2,7,15-20,23H2,1,3-6H3,(H,37,41). The van der Waals surface area contributed by atoms with Crippen molar-refractivity contribution in [2.75, 3.05) is 51.4 Å². The summed E-state index contributed by atoms with van der Waals surface area (Å²) >= 11 is 0. The number of ether oxygens (including phenoxy) is 3. The molecule has 2 heterocycles. The summed E-state index contributed by atoms with van der Waals surface area (Å²) in [4.78, 5) is 35.2. The number of nitrogens with zero attached hydrogens (tertiary/aromatic N) is 4. The lowest BCUT2D eigenvalue weighted by atomic mass is 10.0. The number of rotatable bonds is 11. The third-order valence-corrected chi connectivity index (χ3v) is 7.46. The number of nitrogens with one attached hydrogen (secondary N) is 1. The molecule has 1 fully saturated rings. The lowest BCUT2D eigenvalue weighted by molar-refractivity contribution is 0.0583. The van der Waals surface area contributed by atoms with Gasteiger partial charge in [-0.2, -0.15) is 5.26 Å². The number of aromatic nitrogens is 1. The first-order valence-electron chi connectivity index (χ1n) is 15.3. The van der Waals surface area contributed by atoms with Gasteiger partial charge in [-0.15, -0.1) is 0 Å². The molecule has 10 nitrogen and oxygen atoms in total. The Bertz CT molecular complexity index is 1570. The summed E-state index contributed by atoms with van der Waals surface area (Å²) in [6, 6.07) is 17.0. The van der Waals surface area contributed by atoms with Crippen LogP contribution in [0.1, 0.15) is 51.0 Å². The SMILES string of the molecule is C=C(C#N)CN(C(=O)OC(C)(C)C)c1c(OCC)ccc2ccc(-c3cccc(C(=O)NC4CCN(CCOC)CC4)n3)cc12. The number of anilines is 1. The van der Waals surface area contributed by atoms with Gasteiger partial charge in [-0.25, -0.2) is 9.78 Å². The number of methoxy groups -OCH3 is 1. The molecule has 1 N–H and O–H groups in total. The molecule has 0 atom stereocenters. The van der Waals surface area contributed by atoms with E-state index in [4.69, 9.17) is 19.2 Å². The molecule has 0 aliphatic carbocycles. The van der Waals surface area contributed by atoms with Crippen LogP contribution >= 0.6 is 0 Å². The molecule has 2 amide bonds. The Kier molecular flexibility index (Phi) is 11.2. The quantitative estimate of drug-likeness (QED) is 0.263. The summed E-state index contributed by atoms with van der Waals surface area (Å²) < 4.78 is 16.9. The zero-order valence-corrected chi connectivity index (χ0v) is 26.9. The number of fused-ring (bicyclic) bond motifs is 1. The first-order chi connectivity index (χ1) is 21.5. The highest BCUT2D eigenvalue weighted by molar-refractivity contribution is 6.06. The zero-order valence-electron chi connectivity index (χ0n) is 26.9. The largest absolute Gasteiger partial charge is 0.492 e. The van der Waals surface area contributed by atoms with Gasteiger partial charge in [-0.05, 0) is 70.2 Å². The molecule has 2 aromatic carbocycles. The van der Waals surface area contributed by atoms with Gasteiger partial charge in [-0.1, -0.05) is 30.8 Å². The number of carbonyl (C=O) groups excluding carboxylic acids is 2. The molecule has 0 unspecified atom stereocenters. The molecule has 45 heavy (non-hydrogen) atoms. The minimum absolute atomic E-state index is 0.0754. The van der Waals surface area contributed by atoms with Crippen LogP contribution in [0.25, 0.3) is 22.0 Å². The second kappa shape index (κ2) is 15.0. The lowest BCUT2D eigenvalue weighted by Gasteiger charge is -2.32. The maximum Gasteiger partial charge on any atom is 0.415 e. The van der Waals surface area contributed by atoms with Crippen molar-refractivity contribution in [2.45, 2.75) is 52.2 Å². The Hall–Kier alpha value is -4.46. The van der Waals surface area contributed by atoms with Gasteiger partial charge in [0.05, 0.1) is 37.2 Å². The number of benzene rings is 2. The van der Waals surface area contributed by atoms with Crippen LogP contribution in [0.5, 0.6) is 5.75 Å². The Balaban J connectivity index is 1.68. The van der Waals surface area contributed by atoms with Crippen molar-refractivity contribution in [3.05, 3.63) is 66.4 Å². The fourth-order valence-electron chi connectivity index (χ4n) is 5.27. The number of nitriles is 1. The molecular weight excluding hydrogens is 570 g/mol. The van der Waals surface area contributed by atoms with Gasteiger partial charge in [0, 0.05) is 49.3 Å². The summed E-state index contributed by atoms with van der Waals surface area (Å²) in [6.45, 7) is 14.7. The maximum absolute atomic E-state index is 13.5. The molecule has 0 radical (unpaired) electrons. The second-order valence-electron chi connectivity index (χ2n) is 12.1.